The van der Waals surface area contributed by atoms with Crippen LogP contribution in [0.25, 0.3) is 33.1 Å². The first-order valence-corrected chi connectivity index (χ1v) is 15.5. The predicted octanol–water partition coefficient (Wildman–Crippen LogP) is 6.82. The molecular formula is C27H33N2O2SSi+. The first kappa shape index (κ1) is 23.3. The smallest absolute Gasteiger partial charge is 0.262 e. The molecule has 6 heteroatoms. The Morgan fingerprint density at radius 2 is 1.70 bits per heavy atom. The molecule has 1 aromatic heterocycles. The topological polar surface area (TPSA) is 25.6 Å². The Hall–Kier alpha value is -2.83. The SMILES string of the molecule is CC[n+]1c(/C=C/c2c(O[Si](C)(C)C)cc(OC)cc2N(C)C)sc2cc3ccccc3cc21. The summed E-state index contributed by atoms with van der Waals surface area (Å²) in [5.41, 5.74) is 3.43. The molecule has 4 rings (SSSR count). The highest BCUT2D eigenvalue weighted by atomic mass is 32.1. The second-order valence-corrected chi connectivity index (χ2v) is 14.8. The van der Waals surface area contributed by atoms with E-state index in [1.165, 1.54) is 26.0 Å². The van der Waals surface area contributed by atoms with E-state index >= 15 is 0 Å². The molecule has 0 radical (unpaired) electrons. The molecule has 0 aliphatic rings. The second-order valence-electron chi connectivity index (χ2n) is 9.35. The van der Waals surface area contributed by atoms with Crippen LogP contribution in [0.5, 0.6) is 11.5 Å². The van der Waals surface area contributed by atoms with Crippen molar-refractivity contribution in [3.63, 3.8) is 0 Å². The van der Waals surface area contributed by atoms with Crippen LogP contribution in [-0.4, -0.2) is 29.5 Å². The van der Waals surface area contributed by atoms with Gasteiger partial charge in [-0.3, -0.25) is 0 Å². The molecule has 0 bridgehead atoms. The largest absolute Gasteiger partial charge is 0.544 e. The van der Waals surface area contributed by atoms with Gasteiger partial charge in [-0.25, -0.2) is 0 Å². The molecular weight excluding hydrogens is 444 g/mol. The Morgan fingerprint density at radius 1 is 1.00 bits per heavy atom. The van der Waals surface area contributed by atoms with Gasteiger partial charge in [-0.2, -0.15) is 4.57 Å². The third-order valence-electron chi connectivity index (χ3n) is 5.53. The minimum Gasteiger partial charge on any atom is -0.544 e. The highest BCUT2D eigenvalue weighted by molar-refractivity contribution is 7.19. The summed E-state index contributed by atoms with van der Waals surface area (Å²) in [6, 6.07) is 17.3. The molecule has 4 aromatic rings. The van der Waals surface area contributed by atoms with E-state index in [9.17, 15) is 0 Å². The number of methoxy groups -OCH3 is 1. The van der Waals surface area contributed by atoms with Crippen LogP contribution in [-0.2, 0) is 6.54 Å². The van der Waals surface area contributed by atoms with Crippen molar-refractivity contribution in [2.24, 2.45) is 0 Å². The summed E-state index contributed by atoms with van der Waals surface area (Å²) in [6.07, 6.45) is 4.42. The van der Waals surface area contributed by atoms with Gasteiger partial charge in [-0.1, -0.05) is 35.6 Å². The predicted molar refractivity (Wildman–Crippen MR) is 145 cm³/mol. The number of hydrogen-bond donors (Lipinski definition) is 0. The summed E-state index contributed by atoms with van der Waals surface area (Å²) in [6.45, 7) is 9.74. The number of hydrogen-bond acceptors (Lipinski definition) is 4. The number of fused-ring (bicyclic) bond motifs is 2. The van der Waals surface area contributed by atoms with E-state index in [1.54, 1.807) is 7.11 Å². The zero-order chi connectivity index (χ0) is 23.8. The molecule has 3 aromatic carbocycles. The van der Waals surface area contributed by atoms with Gasteiger partial charge in [0.2, 0.25) is 13.8 Å². The Kier molecular flexibility index (Phi) is 6.50. The lowest BCUT2D eigenvalue weighted by molar-refractivity contribution is -0.665. The van der Waals surface area contributed by atoms with Gasteiger partial charge >= 0.3 is 0 Å². The van der Waals surface area contributed by atoms with Crippen LogP contribution < -0.4 is 18.6 Å². The monoisotopic (exact) mass is 477 g/mol. The average Bonchev–Trinajstić information content (AvgIpc) is 3.10. The number of aryl methyl sites for hydroxylation is 1. The number of ether oxygens (including phenoxy) is 1. The first-order chi connectivity index (χ1) is 15.7. The van der Waals surface area contributed by atoms with E-state index in [2.05, 4.69) is 105 Å². The molecule has 0 unspecified atom stereocenters. The van der Waals surface area contributed by atoms with Crippen molar-refractivity contribution >= 4 is 58.5 Å². The normalized spacial score (nSPS) is 12.1. The third-order valence-corrected chi connectivity index (χ3v) is 7.48. The van der Waals surface area contributed by atoms with Gasteiger partial charge in [0.15, 0.2) is 0 Å². The number of thiazole rings is 1. The number of anilines is 1. The molecule has 0 amide bonds. The standard InChI is InChI=1S/C27H33N2O2SSi/c1-8-29-24-15-19-11-9-10-12-20(19)16-26(24)32-27(29)14-13-22-23(28(2)3)17-21(30-4)18-25(22)31-33(5,6)7/h9-18H,8H2,1-7H3/q+1. The van der Waals surface area contributed by atoms with Crippen LogP contribution in [0.3, 0.4) is 0 Å². The highest BCUT2D eigenvalue weighted by Gasteiger charge is 2.22. The second kappa shape index (κ2) is 9.19. The lowest BCUT2D eigenvalue weighted by Crippen LogP contribution is -2.33. The number of rotatable bonds is 7. The Balaban J connectivity index is 1.86. The number of nitrogens with zero attached hydrogens (tertiary/aromatic N) is 2. The van der Waals surface area contributed by atoms with Crippen LogP contribution in [0.2, 0.25) is 19.6 Å². The maximum Gasteiger partial charge on any atom is 0.262 e. The summed E-state index contributed by atoms with van der Waals surface area (Å²) in [7, 11) is 4.00. The van der Waals surface area contributed by atoms with Gasteiger partial charge in [-0.05, 0) is 49.5 Å². The molecule has 0 atom stereocenters. The maximum absolute atomic E-state index is 6.50. The van der Waals surface area contributed by atoms with Gasteiger partial charge in [0.25, 0.3) is 5.01 Å². The maximum atomic E-state index is 6.50. The van der Waals surface area contributed by atoms with Crippen molar-refractivity contribution in [2.75, 3.05) is 26.1 Å². The minimum atomic E-state index is -1.81. The van der Waals surface area contributed by atoms with E-state index in [1.807, 2.05) is 17.4 Å². The molecule has 172 valence electrons. The van der Waals surface area contributed by atoms with Crippen molar-refractivity contribution in [2.45, 2.75) is 33.1 Å². The third kappa shape index (κ3) is 4.92. The summed E-state index contributed by atoms with van der Waals surface area (Å²) >= 11 is 1.83. The summed E-state index contributed by atoms with van der Waals surface area (Å²) in [5, 5.41) is 3.78. The Labute approximate surface area is 201 Å². The zero-order valence-electron chi connectivity index (χ0n) is 20.6. The van der Waals surface area contributed by atoms with Crippen molar-refractivity contribution in [3.05, 3.63) is 59.1 Å². The molecule has 0 aliphatic carbocycles. The highest BCUT2D eigenvalue weighted by Crippen LogP contribution is 2.37. The van der Waals surface area contributed by atoms with Gasteiger partial charge in [0, 0.05) is 43.9 Å². The molecule has 0 saturated carbocycles. The fraction of sp³-hybridized carbons (Fsp3) is 0.296. The van der Waals surface area contributed by atoms with Crippen LogP contribution >= 0.6 is 11.3 Å². The van der Waals surface area contributed by atoms with Crippen LogP contribution in [0.15, 0.2) is 48.5 Å². The molecule has 1 heterocycles. The van der Waals surface area contributed by atoms with Crippen molar-refractivity contribution in [3.8, 4) is 11.5 Å². The van der Waals surface area contributed by atoms with E-state index in [-0.39, 0.29) is 0 Å². The number of aromatic nitrogens is 1. The van der Waals surface area contributed by atoms with Crippen molar-refractivity contribution < 1.29 is 13.7 Å². The average molecular weight is 478 g/mol. The Bertz CT molecular complexity index is 1340. The van der Waals surface area contributed by atoms with E-state index < -0.39 is 8.32 Å². The summed E-state index contributed by atoms with van der Waals surface area (Å²) < 4.78 is 15.8. The van der Waals surface area contributed by atoms with Gasteiger partial charge in [0.05, 0.1) is 12.8 Å². The van der Waals surface area contributed by atoms with E-state index in [4.69, 9.17) is 9.16 Å². The van der Waals surface area contributed by atoms with E-state index in [0.29, 0.717) is 0 Å². The fourth-order valence-electron chi connectivity index (χ4n) is 4.05. The van der Waals surface area contributed by atoms with Crippen molar-refractivity contribution in [1.82, 2.24) is 0 Å². The molecule has 4 nitrogen and oxygen atoms in total. The quantitative estimate of drug-likeness (QED) is 0.216. The summed E-state index contributed by atoms with van der Waals surface area (Å²) in [5.74, 6) is 1.68. The molecule has 0 saturated heterocycles. The molecule has 0 spiro atoms. The zero-order valence-corrected chi connectivity index (χ0v) is 22.4. The fourth-order valence-corrected chi connectivity index (χ4v) is 6.04. The van der Waals surface area contributed by atoms with Gasteiger partial charge < -0.3 is 14.1 Å². The molecule has 33 heavy (non-hydrogen) atoms. The van der Waals surface area contributed by atoms with Gasteiger partial charge in [-0.15, -0.1) is 0 Å². The minimum absolute atomic E-state index is 0.807. The van der Waals surface area contributed by atoms with E-state index in [0.717, 1.165) is 29.3 Å². The lowest BCUT2D eigenvalue weighted by atomic mass is 10.1. The first-order valence-electron chi connectivity index (χ1n) is 11.3. The molecule has 0 aliphatic heterocycles. The van der Waals surface area contributed by atoms with Crippen LogP contribution in [0.4, 0.5) is 5.69 Å². The molecule has 0 N–H and O–H groups in total. The Morgan fingerprint density at radius 3 is 2.30 bits per heavy atom. The van der Waals surface area contributed by atoms with Gasteiger partial charge in [0.1, 0.15) is 22.7 Å². The number of benzene rings is 3. The lowest BCUT2D eigenvalue weighted by Gasteiger charge is -2.25. The van der Waals surface area contributed by atoms with Crippen molar-refractivity contribution in [1.29, 1.82) is 0 Å². The summed E-state index contributed by atoms with van der Waals surface area (Å²) in [4.78, 5) is 2.12. The van der Waals surface area contributed by atoms with Crippen LogP contribution in [0.1, 0.15) is 17.5 Å². The molecule has 0 fully saturated rings. The van der Waals surface area contributed by atoms with Crippen LogP contribution in [0, 0.1) is 0 Å².